The molecule has 0 aliphatic heterocycles. The standard InChI is InChI=1S/C22H28N2O7/c1-28-15-6-7-16(19(12-15)30-3)24-21(25)13-17(22(26)27)23-10-9-14-5-8-18(29-2)20(11-14)31-4/h5-8,11-12,17,23H,9-10,13H2,1-4H3,(H,24,25)(H,26,27)/t17-/m0/s1. The van der Waals surface area contributed by atoms with Gasteiger partial charge in [-0.1, -0.05) is 6.07 Å². The molecular formula is C22H28N2O7. The van der Waals surface area contributed by atoms with Gasteiger partial charge in [-0.3, -0.25) is 9.59 Å². The predicted octanol–water partition coefficient (Wildman–Crippen LogP) is 2.34. The van der Waals surface area contributed by atoms with Gasteiger partial charge in [0.25, 0.3) is 0 Å². The molecule has 1 atom stereocenters. The van der Waals surface area contributed by atoms with E-state index < -0.39 is 17.9 Å². The van der Waals surface area contributed by atoms with Crippen LogP contribution >= 0.6 is 0 Å². The van der Waals surface area contributed by atoms with Gasteiger partial charge in [-0.05, 0) is 42.8 Å². The van der Waals surface area contributed by atoms with E-state index in [0.29, 0.717) is 41.7 Å². The number of amides is 1. The predicted molar refractivity (Wildman–Crippen MR) is 115 cm³/mol. The molecule has 0 aliphatic carbocycles. The molecule has 0 radical (unpaired) electrons. The van der Waals surface area contributed by atoms with E-state index in [4.69, 9.17) is 18.9 Å². The Labute approximate surface area is 181 Å². The maximum Gasteiger partial charge on any atom is 0.321 e. The fraction of sp³-hybridized carbons (Fsp3) is 0.364. The second-order valence-corrected chi connectivity index (χ2v) is 6.60. The highest BCUT2D eigenvalue weighted by Gasteiger charge is 2.21. The zero-order chi connectivity index (χ0) is 22.8. The summed E-state index contributed by atoms with van der Waals surface area (Å²) in [7, 11) is 6.11. The monoisotopic (exact) mass is 432 g/mol. The Bertz CT molecular complexity index is 901. The van der Waals surface area contributed by atoms with Gasteiger partial charge in [0.15, 0.2) is 11.5 Å². The first-order chi connectivity index (χ1) is 14.9. The van der Waals surface area contributed by atoms with Crippen LogP contribution in [0.5, 0.6) is 23.0 Å². The second-order valence-electron chi connectivity index (χ2n) is 6.60. The summed E-state index contributed by atoms with van der Waals surface area (Å²) in [4.78, 5) is 24.0. The Morgan fingerprint density at radius 3 is 2.23 bits per heavy atom. The van der Waals surface area contributed by atoms with Crippen LogP contribution in [0.15, 0.2) is 36.4 Å². The van der Waals surface area contributed by atoms with E-state index in [1.54, 1.807) is 38.5 Å². The van der Waals surface area contributed by atoms with Gasteiger partial charge in [0.1, 0.15) is 17.5 Å². The van der Waals surface area contributed by atoms with Crippen LogP contribution in [0, 0.1) is 0 Å². The smallest absolute Gasteiger partial charge is 0.321 e. The average Bonchev–Trinajstić information content (AvgIpc) is 2.78. The molecule has 1 amide bonds. The van der Waals surface area contributed by atoms with E-state index in [1.807, 2.05) is 12.1 Å². The lowest BCUT2D eigenvalue weighted by atomic mass is 10.1. The lowest BCUT2D eigenvalue weighted by Gasteiger charge is -2.16. The Balaban J connectivity index is 1.94. The zero-order valence-corrected chi connectivity index (χ0v) is 18.1. The summed E-state index contributed by atoms with van der Waals surface area (Å²) in [6, 6.07) is 9.40. The molecule has 9 nitrogen and oxygen atoms in total. The number of carbonyl (C=O) groups excluding carboxylic acids is 1. The highest BCUT2D eigenvalue weighted by molar-refractivity contribution is 5.95. The molecule has 168 valence electrons. The van der Waals surface area contributed by atoms with Crippen molar-refractivity contribution in [3.05, 3.63) is 42.0 Å². The largest absolute Gasteiger partial charge is 0.497 e. The number of aliphatic carboxylic acids is 1. The normalized spacial score (nSPS) is 11.4. The molecular weight excluding hydrogens is 404 g/mol. The third-order valence-electron chi connectivity index (χ3n) is 4.62. The van der Waals surface area contributed by atoms with Crippen molar-refractivity contribution in [1.82, 2.24) is 5.32 Å². The van der Waals surface area contributed by atoms with Crippen molar-refractivity contribution >= 4 is 17.6 Å². The minimum atomic E-state index is -1.11. The van der Waals surface area contributed by atoms with Crippen LogP contribution in [0.4, 0.5) is 5.69 Å². The molecule has 0 aromatic heterocycles. The maximum atomic E-state index is 12.4. The molecule has 0 unspecified atom stereocenters. The molecule has 2 rings (SSSR count). The van der Waals surface area contributed by atoms with Crippen molar-refractivity contribution in [3.63, 3.8) is 0 Å². The third-order valence-corrected chi connectivity index (χ3v) is 4.62. The minimum Gasteiger partial charge on any atom is -0.497 e. The lowest BCUT2D eigenvalue weighted by molar-refractivity contribution is -0.141. The molecule has 2 aromatic carbocycles. The molecule has 9 heteroatoms. The van der Waals surface area contributed by atoms with Crippen LogP contribution < -0.4 is 29.6 Å². The Kier molecular flexibility index (Phi) is 8.95. The number of hydrogen-bond donors (Lipinski definition) is 3. The van der Waals surface area contributed by atoms with Gasteiger partial charge in [-0.2, -0.15) is 0 Å². The van der Waals surface area contributed by atoms with E-state index in [0.717, 1.165) is 5.56 Å². The minimum absolute atomic E-state index is 0.240. The first-order valence-corrected chi connectivity index (χ1v) is 9.60. The number of anilines is 1. The number of hydrogen-bond acceptors (Lipinski definition) is 7. The lowest BCUT2D eigenvalue weighted by Crippen LogP contribution is -2.40. The van der Waals surface area contributed by atoms with Gasteiger partial charge in [-0.25, -0.2) is 0 Å². The highest BCUT2D eigenvalue weighted by Crippen LogP contribution is 2.29. The number of carboxylic acids is 1. The summed E-state index contributed by atoms with van der Waals surface area (Å²) in [5.41, 5.74) is 1.38. The number of carbonyl (C=O) groups is 2. The zero-order valence-electron chi connectivity index (χ0n) is 18.1. The van der Waals surface area contributed by atoms with E-state index in [-0.39, 0.29) is 6.42 Å². The molecule has 0 bridgehead atoms. The summed E-state index contributed by atoms with van der Waals surface area (Å²) < 4.78 is 20.9. The fourth-order valence-electron chi connectivity index (χ4n) is 2.96. The first kappa shape index (κ1) is 23.8. The number of nitrogens with one attached hydrogen (secondary N) is 2. The van der Waals surface area contributed by atoms with Crippen LogP contribution in [0.1, 0.15) is 12.0 Å². The maximum absolute atomic E-state index is 12.4. The highest BCUT2D eigenvalue weighted by atomic mass is 16.5. The molecule has 0 heterocycles. The summed E-state index contributed by atoms with van der Waals surface area (Å²) in [5, 5.41) is 15.1. The van der Waals surface area contributed by atoms with Crippen LogP contribution in [0.2, 0.25) is 0 Å². The van der Waals surface area contributed by atoms with Crippen molar-refractivity contribution in [3.8, 4) is 23.0 Å². The Morgan fingerprint density at radius 2 is 1.61 bits per heavy atom. The van der Waals surface area contributed by atoms with Crippen LogP contribution in [0.25, 0.3) is 0 Å². The molecule has 31 heavy (non-hydrogen) atoms. The van der Waals surface area contributed by atoms with Gasteiger partial charge in [0.2, 0.25) is 5.91 Å². The number of rotatable bonds is 12. The van der Waals surface area contributed by atoms with Crippen LogP contribution in [0.3, 0.4) is 0 Å². The molecule has 2 aromatic rings. The fourth-order valence-corrected chi connectivity index (χ4v) is 2.96. The summed E-state index contributed by atoms with van der Waals surface area (Å²) in [6.07, 6.45) is 0.314. The van der Waals surface area contributed by atoms with Crippen LogP contribution in [-0.4, -0.2) is 58.0 Å². The number of ether oxygens (including phenoxy) is 4. The van der Waals surface area contributed by atoms with Gasteiger partial charge >= 0.3 is 5.97 Å². The number of methoxy groups -OCH3 is 4. The summed E-state index contributed by atoms with van der Waals surface area (Å²) in [6.45, 7) is 0.367. The van der Waals surface area contributed by atoms with E-state index in [1.165, 1.54) is 14.2 Å². The van der Waals surface area contributed by atoms with Gasteiger partial charge in [0.05, 0.1) is 40.5 Å². The number of carboxylic acid groups (broad SMARTS) is 1. The quantitative estimate of drug-likeness (QED) is 0.468. The topological polar surface area (TPSA) is 115 Å². The van der Waals surface area contributed by atoms with Gasteiger partial charge in [-0.15, -0.1) is 0 Å². The second kappa shape index (κ2) is 11.7. The van der Waals surface area contributed by atoms with Gasteiger partial charge < -0.3 is 34.7 Å². The Morgan fingerprint density at radius 1 is 0.903 bits per heavy atom. The van der Waals surface area contributed by atoms with Crippen molar-refractivity contribution < 1.29 is 33.6 Å². The molecule has 3 N–H and O–H groups in total. The van der Waals surface area contributed by atoms with Crippen LogP contribution in [-0.2, 0) is 16.0 Å². The molecule has 0 saturated heterocycles. The molecule has 0 aliphatic rings. The van der Waals surface area contributed by atoms with E-state index >= 15 is 0 Å². The van der Waals surface area contributed by atoms with E-state index in [9.17, 15) is 14.7 Å². The van der Waals surface area contributed by atoms with Crippen molar-refractivity contribution in [2.24, 2.45) is 0 Å². The first-order valence-electron chi connectivity index (χ1n) is 9.60. The van der Waals surface area contributed by atoms with Crippen molar-refractivity contribution in [2.45, 2.75) is 18.9 Å². The van der Waals surface area contributed by atoms with Crippen molar-refractivity contribution in [1.29, 1.82) is 0 Å². The molecule has 0 saturated carbocycles. The third kappa shape index (κ3) is 6.78. The Hall–Kier alpha value is -3.46. The van der Waals surface area contributed by atoms with Gasteiger partial charge in [0, 0.05) is 6.07 Å². The summed E-state index contributed by atoms with van der Waals surface area (Å²) in [5.74, 6) is 0.658. The average molecular weight is 432 g/mol. The molecule has 0 fully saturated rings. The molecule has 0 spiro atoms. The van der Waals surface area contributed by atoms with E-state index in [2.05, 4.69) is 10.6 Å². The van der Waals surface area contributed by atoms with Crippen molar-refractivity contribution in [2.75, 3.05) is 40.3 Å². The SMILES string of the molecule is COc1ccc(NC(=O)C[C@H](NCCc2ccc(OC)c(OC)c2)C(=O)O)c(OC)c1. The number of benzene rings is 2. The summed E-state index contributed by atoms with van der Waals surface area (Å²) >= 11 is 0.